The van der Waals surface area contributed by atoms with E-state index in [1.165, 1.54) is 12.3 Å². The Hall–Kier alpha value is -1.33. The molecule has 0 saturated heterocycles. The number of anilines is 1. The van der Waals surface area contributed by atoms with Crippen LogP contribution in [0.5, 0.6) is 0 Å². The SMILES string of the molecule is CC(CO)CNC(=O)c1cc(N)cnc1Cl. The number of hydrogen-bond donors (Lipinski definition) is 3. The number of pyridine rings is 1. The number of aliphatic hydroxyl groups excluding tert-OH is 1. The molecule has 4 N–H and O–H groups in total. The van der Waals surface area contributed by atoms with Crippen molar-refractivity contribution in [2.45, 2.75) is 6.92 Å². The zero-order valence-corrected chi connectivity index (χ0v) is 9.66. The minimum Gasteiger partial charge on any atom is -0.397 e. The van der Waals surface area contributed by atoms with Crippen LogP contribution in [0.2, 0.25) is 5.15 Å². The van der Waals surface area contributed by atoms with Gasteiger partial charge in [0.1, 0.15) is 5.15 Å². The Kier molecular flexibility index (Phi) is 4.52. The molecular formula is C10H14ClN3O2. The Morgan fingerprint density at radius 1 is 1.75 bits per heavy atom. The van der Waals surface area contributed by atoms with Gasteiger partial charge in [-0.25, -0.2) is 4.98 Å². The summed E-state index contributed by atoms with van der Waals surface area (Å²) in [6, 6.07) is 1.47. The van der Waals surface area contributed by atoms with Gasteiger partial charge in [0.25, 0.3) is 5.91 Å². The van der Waals surface area contributed by atoms with E-state index in [9.17, 15) is 4.79 Å². The smallest absolute Gasteiger partial charge is 0.254 e. The van der Waals surface area contributed by atoms with Crippen LogP contribution in [0.3, 0.4) is 0 Å². The normalized spacial score (nSPS) is 12.2. The fraction of sp³-hybridized carbons (Fsp3) is 0.400. The number of rotatable bonds is 4. The van der Waals surface area contributed by atoms with E-state index in [0.29, 0.717) is 12.2 Å². The van der Waals surface area contributed by atoms with Crippen molar-refractivity contribution < 1.29 is 9.90 Å². The monoisotopic (exact) mass is 243 g/mol. The van der Waals surface area contributed by atoms with Crippen molar-refractivity contribution in [3.05, 3.63) is 23.0 Å². The van der Waals surface area contributed by atoms with Crippen molar-refractivity contribution in [3.63, 3.8) is 0 Å². The predicted octanol–water partition coefficient (Wildman–Crippen LogP) is 0.675. The van der Waals surface area contributed by atoms with Crippen LogP contribution in [0.1, 0.15) is 17.3 Å². The minimum atomic E-state index is -0.342. The van der Waals surface area contributed by atoms with Crippen molar-refractivity contribution in [3.8, 4) is 0 Å². The van der Waals surface area contributed by atoms with Gasteiger partial charge in [-0.3, -0.25) is 4.79 Å². The molecule has 1 heterocycles. The van der Waals surface area contributed by atoms with Crippen LogP contribution in [0.25, 0.3) is 0 Å². The van der Waals surface area contributed by atoms with E-state index in [4.69, 9.17) is 22.4 Å². The van der Waals surface area contributed by atoms with Crippen molar-refractivity contribution in [1.82, 2.24) is 10.3 Å². The number of nitrogens with two attached hydrogens (primary N) is 1. The number of aliphatic hydroxyl groups is 1. The maximum Gasteiger partial charge on any atom is 0.254 e. The maximum atomic E-state index is 11.7. The van der Waals surface area contributed by atoms with E-state index in [0.717, 1.165) is 0 Å². The number of aromatic nitrogens is 1. The minimum absolute atomic E-state index is 0.00301. The summed E-state index contributed by atoms with van der Waals surface area (Å²) >= 11 is 5.76. The summed E-state index contributed by atoms with van der Waals surface area (Å²) in [7, 11) is 0. The zero-order valence-electron chi connectivity index (χ0n) is 8.90. The van der Waals surface area contributed by atoms with E-state index in [1.807, 2.05) is 6.92 Å². The summed E-state index contributed by atoms with van der Waals surface area (Å²) in [5.41, 5.74) is 6.13. The molecule has 1 amide bonds. The largest absolute Gasteiger partial charge is 0.397 e. The van der Waals surface area contributed by atoms with E-state index < -0.39 is 0 Å². The van der Waals surface area contributed by atoms with Gasteiger partial charge >= 0.3 is 0 Å². The number of nitrogens with one attached hydrogen (secondary N) is 1. The number of amides is 1. The number of nitrogen functional groups attached to an aromatic ring is 1. The molecule has 1 aromatic rings. The Morgan fingerprint density at radius 3 is 3.06 bits per heavy atom. The van der Waals surface area contributed by atoms with Gasteiger partial charge in [0.15, 0.2) is 0 Å². The molecule has 16 heavy (non-hydrogen) atoms. The second kappa shape index (κ2) is 5.67. The topological polar surface area (TPSA) is 88.2 Å². The summed E-state index contributed by atoms with van der Waals surface area (Å²) < 4.78 is 0. The third-order valence-corrected chi connectivity index (χ3v) is 2.33. The summed E-state index contributed by atoms with van der Waals surface area (Å²) in [4.78, 5) is 15.4. The molecule has 0 spiro atoms. The average Bonchev–Trinajstić information content (AvgIpc) is 2.28. The predicted molar refractivity (Wildman–Crippen MR) is 62.2 cm³/mol. The number of carbonyl (C=O) groups is 1. The first-order chi connectivity index (χ1) is 7.54. The molecule has 0 aromatic carbocycles. The molecule has 1 aromatic heterocycles. The van der Waals surface area contributed by atoms with Crippen LogP contribution in [0.15, 0.2) is 12.3 Å². The zero-order chi connectivity index (χ0) is 12.1. The van der Waals surface area contributed by atoms with Crippen LogP contribution in [0, 0.1) is 5.92 Å². The van der Waals surface area contributed by atoms with Crippen LogP contribution in [-0.4, -0.2) is 29.1 Å². The fourth-order valence-corrected chi connectivity index (χ4v) is 1.24. The third-order valence-electron chi connectivity index (χ3n) is 2.03. The molecule has 0 aliphatic rings. The van der Waals surface area contributed by atoms with E-state index >= 15 is 0 Å². The third kappa shape index (κ3) is 3.36. The second-order valence-corrected chi connectivity index (χ2v) is 3.96. The van der Waals surface area contributed by atoms with Crippen LogP contribution in [0.4, 0.5) is 5.69 Å². The van der Waals surface area contributed by atoms with Gasteiger partial charge < -0.3 is 16.2 Å². The first-order valence-electron chi connectivity index (χ1n) is 4.84. The lowest BCUT2D eigenvalue weighted by Crippen LogP contribution is -2.29. The van der Waals surface area contributed by atoms with Gasteiger partial charge in [-0.1, -0.05) is 18.5 Å². The molecule has 0 aliphatic heterocycles. The van der Waals surface area contributed by atoms with E-state index in [-0.39, 0.29) is 29.1 Å². The molecule has 1 rings (SSSR count). The molecule has 0 fully saturated rings. The highest BCUT2D eigenvalue weighted by molar-refractivity contribution is 6.32. The van der Waals surface area contributed by atoms with Gasteiger partial charge in [0.05, 0.1) is 17.4 Å². The summed E-state index contributed by atoms with van der Waals surface area (Å²) in [6.45, 7) is 2.21. The molecule has 0 saturated carbocycles. The van der Waals surface area contributed by atoms with Gasteiger partial charge in [-0.15, -0.1) is 0 Å². The van der Waals surface area contributed by atoms with Crippen LogP contribution >= 0.6 is 11.6 Å². The molecule has 1 atom stereocenters. The van der Waals surface area contributed by atoms with Gasteiger partial charge in [0.2, 0.25) is 0 Å². The van der Waals surface area contributed by atoms with Crippen LogP contribution in [-0.2, 0) is 0 Å². The molecule has 0 aliphatic carbocycles. The lowest BCUT2D eigenvalue weighted by atomic mass is 10.2. The standard InChI is InChI=1S/C10H14ClN3O2/c1-6(5-15)3-14-10(16)8-2-7(12)4-13-9(8)11/h2,4,6,15H,3,5,12H2,1H3,(H,14,16). The highest BCUT2D eigenvalue weighted by Gasteiger charge is 2.12. The number of halogens is 1. The maximum absolute atomic E-state index is 11.7. The molecule has 5 nitrogen and oxygen atoms in total. The van der Waals surface area contributed by atoms with Crippen molar-refractivity contribution in [2.75, 3.05) is 18.9 Å². The lowest BCUT2D eigenvalue weighted by molar-refractivity contribution is 0.0942. The highest BCUT2D eigenvalue weighted by Crippen LogP contribution is 2.15. The quantitative estimate of drug-likeness (QED) is 0.679. The average molecular weight is 244 g/mol. The Bertz CT molecular complexity index is 384. The first kappa shape index (κ1) is 12.7. The van der Waals surface area contributed by atoms with Gasteiger partial charge in [-0.2, -0.15) is 0 Å². The van der Waals surface area contributed by atoms with Gasteiger partial charge in [-0.05, 0) is 12.0 Å². The van der Waals surface area contributed by atoms with Gasteiger partial charge in [0, 0.05) is 13.2 Å². The summed E-state index contributed by atoms with van der Waals surface area (Å²) in [5.74, 6) is -0.346. The van der Waals surface area contributed by atoms with E-state index in [1.54, 1.807) is 0 Å². The Labute approximate surface area is 98.6 Å². The van der Waals surface area contributed by atoms with Crippen molar-refractivity contribution >= 4 is 23.2 Å². The van der Waals surface area contributed by atoms with Crippen LogP contribution < -0.4 is 11.1 Å². The summed E-state index contributed by atoms with van der Waals surface area (Å²) in [6.07, 6.45) is 1.38. The fourth-order valence-electron chi connectivity index (χ4n) is 1.05. The summed E-state index contributed by atoms with van der Waals surface area (Å²) in [5, 5.41) is 11.6. The van der Waals surface area contributed by atoms with E-state index in [2.05, 4.69) is 10.3 Å². The number of nitrogens with zero attached hydrogens (tertiary/aromatic N) is 1. The van der Waals surface area contributed by atoms with Crippen molar-refractivity contribution in [2.24, 2.45) is 5.92 Å². The molecule has 1 unspecified atom stereocenters. The molecule has 0 radical (unpaired) electrons. The number of hydrogen-bond acceptors (Lipinski definition) is 4. The molecule has 0 bridgehead atoms. The second-order valence-electron chi connectivity index (χ2n) is 3.60. The molecule has 6 heteroatoms. The Balaban J connectivity index is 2.69. The Morgan fingerprint density at radius 2 is 2.44 bits per heavy atom. The number of carbonyl (C=O) groups excluding carboxylic acids is 1. The first-order valence-corrected chi connectivity index (χ1v) is 5.22. The lowest BCUT2D eigenvalue weighted by Gasteiger charge is -2.10. The molecular weight excluding hydrogens is 230 g/mol. The van der Waals surface area contributed by atoms with Crippen molar-refractivity contribution in [1.29, 1.82) is 0 Å². The molecule has 88 valence electrons. The highest BCUT2D eigenvalue weighted by atomic mass is 35.5.